The molecule has 0 radical (unpaired) electrons. The SMILES string of the molecule is COc1ccc(CCNc2cc(Nc3nccc4ccccc34)nc(N)n2)cc1. The molecule has 0 aliphatic rings. The van der Waals surface area contributed by atoms with E-state index in [2.05, 4.69) is 25.6 Å². The maximum atomic E-state index is 5.90. The molecule has 146 valence electrons. The Morgan fingerprint density at radius 3 is 2.59 bits per heavy atom. The van der Waals surface area contributed by atoms with Crippen molar-refractivity contribution in [3.05, 3.63) is 72.4 Å². The van der Waals surface area contributed by atoms with Crippen LogP contribution in [0.15, 0.2) is 66.9 Å². The minimum absolute atomic E-state index is 0.196. The Kier molecular flexibility index (Phi) is 5.38. The van der Waals surface area contributed by atoms with Crippen molar-refractivity contribution in [3.8, 4) is 5.75 Å². The average Bonchev–Trinajstić information content (AvgIpc) is 2.74. The van der Waals surface area contributed by atoms with Gasteiger partial charge in [-0.05, 0) is 35.6 Å². The summed E-state index contributed by atoms with van der Waals surface area (Å²) >= 11 is 0. The molecule has 0 aliphatic heterocycles. The monoisotopic (exact) mass is 386 g/mol. The summed E-state index contributed by atoms with van der Waals surface area (Å²) in [5, 5.41) is 8.67. The highest BCUT2D eigenvalue weighted by molar-refractivity contribution is 5.92. The summed E-state index contributed by atoms with van der Waals surface area (Å²) < 4.78 is 5.19. The van der Waals surface area contributed by atoms with Gasteiger partial charge < -0.3 is 21.1 Å². The normalized spacial score (nSPS) is 10.7. The maximum absolute atomic E-state index is 5.90. The third-order valence-corrected chi connectivity index (χ3v) is 4.54. The molecule has 0 aliphatic carbocycles. The third-order valence-electron chi connectivity index (χ3n) is 4.54. The van der Waals surface area contributed by atoms with Gasteiger partial charge in [-0.15, -0.1) is 0 Å². The first-order chi connectivity index (χ1) is 14.2. The molecule has 0 saturated heterocycles. The molecule has 29 heavy (non-hydrogen) atoms. The van der Waals surface area contributed by atoms with E-state index in [0.717, 1.165) is 35.3 Å². The number of rotatable bonds is 7. The fourth-order valence-electron chi connectivity index (χ4n) is 3.09. The maximum Gasteiger partial charge on any atom is 0.223 e. The first kappa shape index (κ1) is 18.5. The zero-order valence-corrected chi connectivity index (χ0v) is 16.1. The van der Waals surface area contributed by atoms with E-state index in [9.17, 15) is 0 Å². The van der Waals surface area contributed by atoms with Crippen molar-refractivity contribution in [3.63, 3.8) is 0 Å². The van der Waals surface area contributed by atoms with Crippen LogP contribution in [0, 0.1) is 0 Å². The van der Waals surface area contributed by atoms with Crippen LogP contribution in [0.2, 0.25) is 0 Å². The number of hydrogen-bond donors (Lipinski definition) is 3. The molecule has 4 aromatic rings. The van der Waals surface area contributed by atoms with E-state index < -0.39 is 0 Å². The molecule has 4 rings (SSSR count). The molecule has 2 aromatic heterocycles. The van der Waals surface area contributed by atoms with Crippen molar-refractivity contribution >= 4 is 34.2 Å². The quantitative estimate of drug-likeness (QED) is 0.441. The van der Waals surface area contributed by atoms with E-state index in [4.69, 9.17) is 10.5 Å². The first-order valence-electron chi connectivity index (χ1n) is 9.33. The number of benzene rings is 2. The Hall–Kier alpha value is -3.87. The number of nitrogens with one attached hydrogen (secondary N) is 2. The van der Waals surface area contributed by atoms with Gasteiger partial charge in [0.25, 0.3) is 0 Å². The molecular formula is C22H22N6O. The summed E-state index contributed by atoms with van der Waals surface area (Å²) in [5.41, 5.74) is 7.11. The predicted octanol–water partition coefficient (Wildman–Crippen LogP) is 4.01. The van der Waals surface area contributed by atoms with Gasteiger partial charge in [0, 0.05) is 24.2 Å². The summed E-state index contributed by atoms with van der Waals surface area (Å²) in [4.78, 5) is 13.0. The molecule has 0 bridgehead atoms. The molecule has 0 atom stereocenters. The van der Waals surface area contributed by atoms with Crippen LogP contribution in [-0.4, -0.2) is 28.6 Å². The van der Waals surface area contributed by atoms with E-state index in [1.54, 1.807) is 13.3 Å². The minimum Gasteiger partial charge on any atom is -0.497 e. The Bertz CT molecular complexity index is 1110. The van der Waals surface area contributed by atoms with Gasteiger partial charge in [0.1, 0.15) is 23.2 Å². The lowest BCUT2D eigenvalue weighted by Gasteiger charge is -2.11. The Morgan fingerprint density at radius 1 is 0.966 bits per heavy atom. The lowest BCUT2D eigenvalue weighted by Crippen LogP contribution is -2.09. The summed E-state index contributed by atoms with van der Waals surface area (Å²) in [6, 6.07) is 19.9. The Morgan fingerprint density at radius 2 is 1.76 bits per heavy atom. The highest BCUT2D eigenvalue weighted by atomic mass is 16.5. The Labute approximate surface area is 169 Å². The number of fused-ring (bicyclic) bond motifs is 1. The standard InChI is InChI=1S/C22H22N6O/c1-29-17-8-6-15(7-9-17)10-12-24-19-14-20(28-22(23)27-19)26-21-18-5-3-2-4-16(18)11-13-25-21/h2-9,11,13-14H,10,12H2,1H3,(H4,23,24,25,26,27,28). The largest absolute Gasteiger partial charge is 0.497 e. The van der Waals surface area contributed by atoms with E-state index in [0.29, 0.717) is 11.6 Å². The number of methoxy groups -OCH3 is 1. The molecule has 0 unspecified atom stereocenters. The van der Waals surface area contributed by atoms with Crippen LogP contribution in [0.5, 0.6) is 5.75 Å². The number of nitrogen functional groups attached to an aromatic ring is 1. The predicted molar refractivity (Wildman–Crippen MR) is 117 cm³/mol. The van der Waals surface area contributed by atoms with Crippen LogP contribution in [-0.2, 0) is 6.42 Å². The van der Waals surface area contributed by atoms with Crippen LogP contribution in [0.1, 0.15) is 5.56 Å². The van der Waals surface area contributed by atoms with E-state index in [1.165, 1.54) is 5.56 Å². The summed E-state index contributed by atoms with van der Waals surface area (Å²) in [6.45, 7) is 0.717. The van der Waals surface area contributed by atoms with Crippen molar-refractivity contribution < 1.29 is 4.74 Å². The van der Waals surface area contributed by atoms with Gasteiger partial charge in [-0.25, -0.2) is 4.98 Å². The lowest BCUT2D eigenvalue weighted by atomic mass is 10.1. The number of nitrogens with zero attached hydrogens (tertiary/aromatic N) is 3. The second kappa shape index (κ2) is 8.43. The highest BCUT2D eigenvalue weighted by Crippen LogP contribution is 2.24. The summed E-state index contributed by atoms with van der Waals surface area (Å²) in [6.07, 6.45) is 2.62. The first-order valence-corrected chi connectivity index (χ1v) is 9.33. The van der Waals surface area contributed by atoms with Gasteiger partial charge in [0.05, 0.1) is 7.11 Å². The molecule has 0 spiro atoms. The number of aromatic nitrogens is 3. The van der Waals surface area contributed by atoms with Crippen LogP contribution >= 0.6 is 0 Å². The average molecular weight is 386 g/mol. The fraction of sp³-hybridized carbons (Fsp3) is 0.136. The van der Waals surface area contributed by atoms with E-state index in [1.807, 2.05) is 60.7 Å². The van der Waals surface area contributed by atoms with Gasteiger partial charge in [-0.1, -0.05) is 36.4 Å². The smallest absolute Gasteiger partial charge is 0.223 e. The van der Waals surface area contributed by atoms with Gasteiger partial charge in [-0.2, -0.15) is 9.97 Å². The molecule has 7 nitrogen and oxygen atoms in total. The number of nitrogens with two attached hydrogens (primary N) is 1. The topological polar surface area (TPSA) is 98.0 Å². The molecule has 0 saturated carbocycles. The number of pyridine rings is 1. The van der Waals surface area contributed by atoms with Gasteiger partial charge in [0.15, 0.2) is 0 Å². The second-order valence-corrected chi connectivity index (χ2v) is 6.53. The third kappa shape index (κ3) is 4.52. The van der Waals surface area contributed by atoms with Crippen LogP contribution in [0.4, 0.5) is 23.4 Å². The summed E-state index contributed by atoms with van der Waals surface area (Å²) in [7, 11) is 1.66. The van der Waals surface area contributed by atoms with Crippen molar-refractivity contribution in [1.82, 2.24) is 15.0 Å². The van der Waals surface area contributed by atoms with E-state index in [-0.39, 0.29) is 5.95 Å². The van der Waals surface area contributed by atoms with Crippen molar-refractivity contribution in [2.75, 3.05) is 30.0 Å². The van der Waals surface area contributed by atoms with Crippen molar-refractivity contribution in [1.29, 1.82) is 0 Å². The molecular weight excluding hydrogens is 364 g/mol. The number of anilines is 4. The lowest BCUT2D eigenvalue weighted by molar-refractivity contribution is 0.414. The molecule has 0 fully saturated rings. The number of ether oxygens (including phenoxy) is 1. The van der Waals surface area contributed by atoms with E-state index >= 15 is 0 Å². The summed E-state index contributed by atoms with van der Waals surface area (Å²) in [5.74, 6) is 3.03. The molecule has 4 N–H and O–H groups in total. The van der Waals surface area contributed by atoms with Crippen molar-refractivity contribution in [2.24, 2.45) is 0 Å². The van der Waals surface area contributed by atoms with Crippen LogP contribution < -0.4 is 21.1 Å². The highest BCUT2D eigenvalue weighted by Gasteiger charge is 2.06. The van der Waals surface area contributed by atoms with Crippen LogP contribution in [0.25, 0.3) is 10.8 Å². The minimum atomic E-state index is 0.196. The fourth-order valence-corrected chi connectivity index (χ4v) is 3.09. The Balaban J connectivity index is 1.45. The van der Waals surface area contributed by atoms with Crippen molar-refractivity contribution in [2.45, 2.75) is 6.42 Å². The van der Waals surface area contributed by atoms with Gasteiger partial charge in [0.2, 0.25) is 5.95 Å². The van der Waals surface area contributed by atoms with Gasteiger partial charge in [-0.3, -0.25) is 0 Å². The molecule has 2 heterocycles. The number of hydrogen-bond acceptors (Lipinski definition) is 7. The van der Waals surface area contributed by atoms with Crippen LogP contribution in [0.3, 0.4) is 0 Å². The molecule has 7 heteroatoms. The molecule has 0 amide bonds. The zero-order valence-electron chi connectivity index (χ0n) is 16.1. The molecule has 2 aromatic carbocycles. The zero-order chi connectivity index (χ0) is 20.1. The van der Waals surface area contributed by atoms with Gasteiger partial charge >= 0.3 is 0 Å². The second-order valence-electron chi connectivity index (χ2n) is 6.53.